The Balaban J connectivity index is 3.36. The number of carbonyl (C=O) groups is 1. The van der Waals surface area contributed by atoms with Gasteiger partial charge in [-0.3, -0.25) is 0 Å². The maximum atomic E-state index is 13.5. The maximum absolute atomic E-state index is 13.5. The zero-order valence-electron chi connectivity index (χ0n) is 8.77. The van der Waals surface area contributed by atoms with E-state index in [2.05, 4.69) is 25.4 Å². The third kappa shape index (κ3) is 3.03. The summed E-state index contributed by atoms with van der Waals surface area (Å²) in [6.45, 7) is 0. The second-order valence-electron chi connectivity index (χ2n) is 3.00. The number of esters is 1. The SMILES string of the molecule is COC(=O)c1cc(OC(F)(F)F)c(Br)c(F)c1N. The van der Waals surface area contributed by atoms with Crippen LogP contribution in [0.25, 0.3) is 0 Å². The van der Waals surface area contributed by atoms with E-state index < -0.39 is 39.6 Å². The minimum Gasteiger partial charge on any atom is -0.465 e. The van der Waals surface area contributed by atoms with Crippen molar-refractivity contribution in [1.29, 1.82) is 0 Å². The predicted molar refractivity (Wildman–Crippen MR) is 56.5 cm³/mol. The Kier molecular flexibility index (Phi) is 4.05. The summed E-state index contributed by atoms with van der Waals surface area (Å²) in [6, 6.07) is 0.641. The third-order valence-corrected chi connectivity index (χ3v) is 2.58. The molecular weight excluding hydrogens is 326 g/mol. The van der Waals surface area contributed by atoms with Crippen LogP contribution in [-0.4, -0.2) is 19.4 Å². The minimum atomic E-state index is -5.03. The molecule has 4 nitrogen and oxygen atoms in total. The van der Waals surface area contributed by atoms with Crippen molar-refractivity contribution < 1.29 is 31.8 Å². The average Bonchev–Trinajstić information content (AvgIpc) is 2.27. The van der Waals surface area contributed by atoms with Crippen LogP contribution in [-0.2, 0) is 4.74 Å². The maximum Gasteiger partial charge on any atom is 0.573 e. The van der Waals surface area contributed by atoms with Gasteiger partial charge in [-0.05, 0) is 22.0 Å². The summed E-state index contributed by atoms with van der Waals surface area (Å²) in [5.74, 6) is -3.24. The summed E-state index contributed by atoms with van der Waals surface area (Å²) in [7, 11) is 0.978. The summed E-state index contributed by atoms with van der Waals surface area (Å²) < 4.78 is 56.8. The highest BCUT2D eigenvalue weighted by atomic mass is 79.9. The number of alkyl halides is 3. The fourth-order valence-corrected chi connectivity index (χ4v) is 1.50. The molecule has 0 atom stereocenters. The Morgan fingerprint density at radius 2 is 2.00 bits per heavy atom. The number of benzene rings is 1. The van der Waals surface area contributed by atoms with Gasteiger partial charge in [0.1, 0.15) is 5.75 Å². The van der Waals surface area contributed by atoms with E-state index >= 15 is 0 Å². The Morgan fingerprint density at radius 3 is 2.44 bits per heavy atom. The molecule has 0 aromatic heterocycles. The van der Waals surface area contributed by atoms with E-state index in [1.165, 1.54) is 0 Å². The van der Waals surface area contributed by atoms with Crippen molar-refractivity contribution in [2.45, 2.75) is 6.36 Å². The van der Waals surface area contributed by atoms with Crippen LogP contribution in [0.4, 0.5) is 23.2 Å². The minimum absolute atomic E-state index is 0.558. The first-order valence-corrected chi connectivity index (χ1v) is 5.08. The van der Waals surface area contributed by atoms with Crippen LogP contribution in [0.15, 0.2) is 10.5 Å². The van der Waals surface area contributed by atoms with Crippen molar-refractivity contribution in [3.8, 4) is 5.75 Å². The Labute approximate surface area is 107 Å². The molecule has 0 spiro atoms. The van der Waals surface area contributed by atoms with Gasteiger partial charge in [-0.15, -0.1) is 13.2 Å². The number of hydrogen-bond acceptors (Lipinski definition) is 4. The van der Waals surface area contributed by atoms with Crippen molar-refractivity contribution in [1.82, 2.24) is 0 Å². The molecule has 1 rings (SSSR count). The molecule has 0 amide bonds. The van der Waals surface area contributed by atoms with Gasteiger partial charge in [-0.1, -0.05) is 0 Å². The van der Waals surface area contributed by atoms with Crippen molar-refractivity contribution in [3.05, 3.63) is 21.9 Å². The van der Waals surface area contributed by atoms with Crippen molar-refractivity contribution >= 4 is 27.6 Å². The molecule has 1 aromatic carbocycles. The molecule has 18 heavy (non-hydrogen) atoms. The van der Waals surface area contributed by atoms with E-state index in [1.54, 1.807) is 0 Å². The number of anilines is 1. The second kappa shape index (κ2) is 5.01. The molecule has 100 valence electrons. The van der Waals surface area contributed by atoms with Gasteiger partial charge in [0, 0.05) is 0 Å². The lowest BCUT2D eigenvalue weighted by molar-refractivity contribution is -0.275. The number of ether oxygens (including phenoxy) is 2. The standard InChI is InChI=1S/C9H6BrF4NO3/c1-17-8(16)3-2-4(18-9(12,13)14)5(10)6(11)7(3)15/h2H,15H2,1H3. The van der Waals surface area contributed by atoms with Gasteiger partial charge in [0.25, 0.3) is 0 Å². The Morgan fingerprint density at radius 1 is 1.44 bits per heavy atom. The predicted octanol–water partition coefficient (Wildman–Crippen LogP) is 2.86. The van der Waals surface area contributed by atoms with Crippen molar-refractivity contribution in [3.63, 3.8) is 0 Å². The van der Waals surface area contributed by atoms with Gasteiger partial charge in [0.15, 0.2) is 5.82 Å². The molecule has 0 saturated heterocycles. The quantitative estimate of drug-likeness (QED) is 0.514. The molecule has 0 saturated carbocycles. The molecule has 0 aliphatic carbocycles. The van der Waals surface area contributed by atoms with E-state index in [-0.39, 0.29) is 0 Å². The number of methoxy groups -OCH3 is 1. The largest absolute Gasteiger partial charge is 0.573 e. The molecule has 9 heteroatoms. The van der Waals surface area contributed by atoms with Crippen LogP contribution in [0.3, 0.4) is 0 Å². The number of nitrogens with two attached hydrogens (primary N) is 1. The van der Waals surface area contributed by atoms with Gasteiger partial charge >= 0.3 is 12.3 Å². The highest BCUT2D eigenvalue weighted by Gasteiger charge is 2.33. The van der Waals surface area contributed by atoms with E-state index in [0.717, 1.165) is 7.11 Å². The summed E-state index contributed by atoms with van der Waals surface area (Å²) in [4.78, 5) is 11.2. The monoisotopic (exact) mass is 331 g/mol. The van der Waals surface area contributed by atoms with Gasteiger partial charge in [0.2, 0.25) is 0 Å². The summed E-state index contributed by atoms with van der Waals surface area (Å²) >= 11 is 2.56. The normalized spacial score (nSPS) is 11.2. The average molecular weight is 332 g/mol. The van der Waals surface area contributed by atoms with Crippen LogP contribution in [0.1, 0.15) is 10.4 Å². The lowest BCUT2D eigenvalue weighted by atomic mass is 10.1. The highest BCUT2D eigenvalue weighted by molar-refractivity contribution is 9.10. The van der Waals surface area contributed by atoms with E-state index in [9.17, 15) is 22.4 Å². The zero-order chi connectivity index (χ0) is 14.1. The first-order chi connectivity index (χ1) is 8.17. The Bertz CT molecular complexity index is 490. The highest BCUT2D eigenvalue weighted by Crippen LogP contribution is 2.37. The number of rotatable bonds is 2. The lowest BCUT2D eigenvalue weighted by Gasteiger charge is -2.14. The summed E-state index contributed by atoms with van der Waals surface area (Å²) in [5.41, 5.74) is 4.06. The first-order valence-electron chi connectivity index (χ1n) is 4.29. The fourth-order valence-electron chi connectivity index (χ4n) is 1.09. The topological polar surface area (TPSA) is 61.5 Å². The second-order valence-corrected chi connectivity index (χ2v) is 3.80. The number of hydrogen-bond donors (Lipinski definition) is 1. The van der Waals surface area contributed by atoms with E-state index in [4.69, 9.17) is 5.73 Å². The molecular formula is C9H6BrF4NO3. The lowest BCUT2D eigenvalue weighted by Crippen LogP contribution is -2.19. The molecule has 0 radical (unpaired) electrons. The molecule has 0 bridgehead atoms. The van der Waals surface area contributed by atoms with Gasteiger partial charge < -0.3 is 15.2 Å². The summed E-state index contributed by atoms with van der Waals surface area (Å²) in [5, 5.41) is 0. The molecule has 0 unspecified atom stereocenters. The van der Waals surface area contributed by atoms with Crippen LogP contribution in [0.2, 0.25) is 0 Å². The molecule has 0 fully saturated rings. The van der Waals surface area contributed by atoms with Crippen molar-refractivity contribution in [2.75, 3.05) is 12.8 Å². The van der Waals surface area contributed by atoms with Crippen LogP contribution in [0.5, 0.6) is 5.75 Å². The van der Waals surface area contributed by atoms with Crippen LogP contribution in [0, 0.1) is 5.82 Å². The van der Waals surface area contributed by atoms with E-state index in [0.29, 0.717) is 6.07 Å². The Hall–Kier alpha value is -1.51. The first kappa shape index (κ1) is 14.6. The molecule has 1 aromatic rings. The summed E-state index contributed by atoms with van der Waals surface area (Å²) in [6.07, 6.45) is -5.03. The third-order valence-electron chi connectivity index (χ3n) is 1.84. The van der Waals surface area contributed by atoms with Crippen LogP contribution >= 0.6 is 15.9 Å². The molecule has 2 N–H and O–H groups in total. The number of halogens is 5. The van der Waals surface area contributed by atoms with Crippen molar-refractivity contribution in [2.24, 2.45) is 0 Å². The van der Waals surface area contributed by atoms with E-state index in [1.807, 2.05) is 0 Å². The smallest absolute Gasteiger partial charge is 0.465 e. The fraction of sp³-hybridized carbons (Fsp3) is 0.222. The van der Waals surface area contributed by atoms with Gasteiger partial charge in [-0.2, -0.15) is 0 Å². The molecule has 0 aliphatic rings. The number of nitrogen functional groups attached to an aromatic ring is 1. The molecule has 0 heterocycles. The zero-order valence-corrected chi connectivity index (χ0v) is 10.4. The number of carbonyl (C=O) groups excluding carboxylic acids is 1. The van der Waals surface area contributed by atoms with Gasteiger partial charge in [0.05, 0.1) is 22.8 Å². The van der Waals surface area contributed by atoms with Crippen LogP contribution < -0.4 is 10.5 Å². The molecule has 0 aliphatic heterocycles. The van der Waals surface area contributed by atoms with Gasteiger partial charge in [-0.25, -0.2) is 9.18 Å².